The first-order valence-electron chi connectivity index (χ1n) is 8.47. The summed E-state index contributed by atoms with van der Waals surface area (Å²) in [5.41, 5.74) is -2.42. The van der Waals surface area contributed by atoms with Gasteiger partial charge < -0.3 is 0 Å². The Hall–Kier alpha value is -2.12. The molecule has 1 N–H and O–H groups in total. The Labute approximate surface area is 175 Å². The summed E-state index contributed by atoms with van der Waals surface area (Å²) < 4.78 is 128. The molecule has 0 spiro atoms. The fraction of sp³-hybridized carbons (Fsp3) is 0.333. The van der Waals surface area contributed by atoms with Crippen molar-refractivity contribution in [3.8, 4) is 0 Å². The normalized spacial score (nSPS) is 13.9. The fourth-order valence-electron chi connectivity index (χ4n) is 2.45. The summed E-state index contributed by atoms with van der Waals surface area (Å²) in [7, 11) is -9.01. The van der Waals surface area contributed by atoms with Gasteiger partial charge >= 0.3 is 12.4 Å². The van der Waals surface area contributed by atoms with Crippen LogP contribution < -0.4 is 4.72 Å². The van der Waals surface area contributed by atoms with Gasteiger partial charge in [0.1, 0.15) is 0 Å². The molecule has 0 bridgehead atoms. The highest BCUT2D eigenvalue weighted by atomic mass is 32.2. The van der Waals surface area contributed by atoms with Crippen LogP contribution in [0.3, 0.4) is 0 Å². The standard InChI is InChI=1S/C18H17F6NO4S2/c1-16(2,30(26,27)14-7-3-5-12(9-14)17(19,20)21)11-25-31(28,29)15-8-4-6-13(10-15)18(22,23)24/h3-10,25H,11H2,1-2H3. The number of sulfone groups is 1. The summed E-state index contributed by atoms with van der Waals surface area (Å²) in [5, 5.41) is 0. The van der Waals surface area contributed by atoms with Crippen LogP contribution in [0, 0.1) is 0 Å². The molecule has 0 atom stereocenters. The highest BCUT2D eigenvalue weighted by Gasteiger charge is 2.39. The fourth-order valence-corrected chi connectivity index (χ4v) is 5.23. The highest BCUT2D eigenvalue weighted by Crippen LogP contribution is 2.33. The zero-order valence-electron chi connectivity index (χ0n) is 16.0. The molecule has 0 aliphatic carbocycles. The second-order valence-corrected chi connectivity index (χ2v) is 11.5. The minimum absolute atomic E-state index is 0.386. The molecule has 5 nitrogen and oxygen atoms in total. The summed E-state index contributed by atoms with van der Waals surface area (Å²) >= 11 is 0. The molecule has 0 aliphatic rings. The second-order valence-electron chi connectivity index (χ2n) is 7.14. The Morgan fingerprint density at radius 3 is 1.61 bits per heavy atom. The first-order valence-corrected chi connectivity index (χ1v) is 11.4. The van der Waals surface area contributed by atoms with Crippen LogP contribution in [0.1, 0.15) is 25.0 Å². The third kappa shape index (κ3) is 5.57. The molecule has 0 saturated heterocycles. The maximum Gasteiger partial charge on any atom is 0.416 e. The zero-order valence-corrected chi connectivity index (χ0v) is 17.7. The first-order chi connectivity index (χ1) is 13.9. The van der Waals surface area contributed by atoms with Gasteiger partial charge in [0, 0.05) is 6.54 Å². The number of hydrogen-bond acceptors (Lipinski definition) is 4. The van der Waals surface area contributed by atoms with Crippen LogP contribution in [0.2, 0.25) is 0 Å². The Bertz CT molecular complexity index is 1170. The van der Waals surface area contributed by atoms with Gasteiger partial charge in [0.2, 0.25) is 10.0 Å². The average Bonchev–Trinajstić information content (AvgIpc) is 2.65. The van der Waals surface area contributed by atoms with Crippen LogP contribution in [0.5, 0.6) is 0 Å². The van der Waals surface area contributed by atoms with Gasteiger partial charge in [0.15, 0.2) is 9.84 Å². The van der Waals surface area contributed by atoms with Gasteiger partial charge in [-0.05, 0) is 50.2 Å². The number of nitrogens with one attached hydrogen (secondary N) is 1. The quantitative estimate of drug-likeness (QED) is 0.616. The Morgan fingerprint density at radius 1 is 0.742 bits per heavy atom. The molecule has 2 rings (SSSR count). The van der Waals surface area contributed by atoms with Gasteiger partial charge in [0.25, 0.3) is 0 Å². The van der Waals surface area contributed by atoms with E-state index >= 15 is 0 Å². The Kier molecular flexibility index (Phi) is 6.57. The lowest BCUT2D eigenvalue weighted by Crippen LogP contribution is -2.44. The number of alkyl halides is 6. The summed E-state index contributed by atoms with van der Waals surface area (Å²) in [5.74, 6) is 0. The molecular weight excluding hydrogens is 472 g/mol. The molecule has 0 saturated carbocycles. The predicted molar refractivity (Wildman–Crippen MR) is 99.3 cm³/mol. The van der Waals surface area contributed by atoms with Gasteiger partial charge in [-0.15, -0.1) is 0 Å². The summed E-state index contributed by atoms with van der Waals surface area (Å²) in [6.45, 7) is 1.36. The highest BCUT2D eigenvalue weighted by molar-refractivity contribution is 7.93. The van der Waals surface area contributed by atoms with E-state index in [0.29, 0.717) is 24.3 Å². The van der Waals surface area contributed by atoms with E-state index in [2.05, 4.69) is 0 Å². The number of rotatable bonds is 6. The Balaban J connectivity index is 2.32. The molecule has 2 aromatic rings. The van der Waals surface area contributed by atoms with Crippen molar-refractivity contribution >= 4 is 19.9 Å². The van der Waals surface area contributed by atoms with E-state index in [1.165, 1.54) is 0 Å². The SMILES string of the molecule is CC(C)(CNS(=O)(=O)c1cccc(C(F)(F)F)c1)S(=O)(=O)c1cccc(C(F)(F)F)c1. The number of halogens is 6. The molecule has 0 aromatic heterocycles. The molecule has 31 heavy (non-hydrogen) atoms. The van der Waals surface area contributed by atoms with Crippen molar-refractivity contribution in [3.05, 3.63) is 59.7 Å². The van der Waals surface area contributed by atoms with Gasteiger partial charge in [-0.1, -0.05) is 12.1 Å². The maximum atomic E-state index is 12.9. The molecular formula is C18H17F6NO4S2. The molecule has 2 aromatic carbocycles. The lowest BCUT2D eigenvalue weighted by Gasteiger charge is -2.25. The largest absolute Gasteiger partial charge is 0.416 e. The van der Waals surface area contributed by atoms with Gasteiger partial charge in [-0.3, -0.25) is 0 Å². The number of hydrogen-bond donors (Lipinski definition) is 1. The third-order valence-corrected chi connectivity index (χ3v) is 8.23. The van der Waals surface area contributed by atoms with E-state index in [-0.39, 0.29) is 0 Å². The molecule has 0 unspecified atom stereocenters. The van der Waals surface area contributed by atoms with Crippen LogP contribution in [0.4, 0.5) is 26.3 Å². The van der Waals surface area contributed by atoms with Gasteiger partial charge in [-0.2, -0.15) is 26.3 Å². The molecule has 172 valence electrons. The van der Waals surface area contributed by atoms with E-state index < -0.39 is 64.4 Å². The van der Waals surface area contributed by atoms with E-state index in [0.717, 1.165) is 38.1 Å². The molecule has 13 heteroatoms. The minimum atomic E-state index is -4.79. The van der Waals surface area contributed by atoms with E-state index in [1.54, 1.807) is 0 Å². The van der Waals surface area contributed by atoms with Crippen molar-refractivity contribution in [1.82, 2.24) is 4.72 Å². The van der Waals surface area contributed by atoms with Gasteiger partial charge in [0.05, 0.1) is 25.7 Å². The van der Waals surface area contributed by atoms with E-state index in [1.807, 2.05) is 4.72 Å². The number of sulfonamides is 1. The lowest BCUT2D eigenvalue weighted by atomic mass is 10.2. The van der Waals surface area contributed by atoms with Crippen molar-refractivity contribution < 1.29 is 43.2 Å². The minimum Gasteiger partial charge on any atom is -0.223 e. The van der Waals surface area contributed by atoms with Crippen molar-refractivity contribution in [3.63, 3.8) is 0 Å². The summed E-state index contributed by atoms with van der Waals surface area (Å²) in [4.78, 5) is -1.42. The zero-order chi connectivity index (χ0) is 23.9. The van der Waals surface area contributed by atoms with Crippen LogP contribution in [0.15, 0.2) is 58.3 Å². The summed E-state index contributed by atoms with van der Waals surface area (Å²) in [6.07, 6.45) is -9.58. The maximum absolute atomic E-state index is 12.9. The number of benzene rings is 2. The topological polar surface area (TPSA) is 80.3 Å². The van der Waals surface area contributed by atoms with Crippen LogP contribution in [-0.2, 0) is 32.2 Å². The third-order valence-electron chi connectivity index (χ3n) is 4.36. The molecule has 0 aliphatic heterocycles. The van der Waals surface area contributed by atoms with Gasteiger partial charge in [-0.25, -0.2) is 21.6 Å². The first kappa shape index (κ1) is 25.1. The molecule has 0 amide bonds. The monoisotopic (exact) mass is 489 g/mol. The van der Waals surface area contributed by atoms with Crippen LogP contribution in [-0.4, -0.2) is 28.1 Å². The predicted octanol–water partition coefficient (Wildman–Crippen LogP) is 4.26. The Morgan fingerprint density at radius 2 is 1.16 bits per heavy atom. The van der Waals surface area contributed by atoms with Crippen molar-refractivity contribution in [2.24, 2.45) is 0 Å². The molecule has 0 fully saturated rings. The van der Waals surface area contributed by atoms with Crippen molar-refractivity contribution in [2.75, 3.05) is 6.54 Å². The van der Waals surface area contributed by atoms with E-state index in [9.17, 15) is 43.2 Å². The molecule has 0 radical (unpaired) electrons. The van der Waals surface area contributed by atoms with Crippen LogP contribution >= 0.6 is 0 Å². The smallest absolute Gasteiger partial charge is 0.223 e. The van der Waals surface area contributed by atoms with E-state index in [4.69, 9.17) is 0 Å². The van der Waals surface area contributed by atoms with Crippen molar-refractivity contribution in [2.45, 2.75) is 40.7 Å². The lowest BCUT2D eigenvalue weighted by molar-refractivity contribution is -0.138. The molecule has 0 heterocycles. The summed E-state index contributed by atoms with van der Waals surface area (Å²) in [6, 6.07) is 5.78. The average molecular weight is 489 g/mol. The van der Waals surface area contributed by atoms with Crippen molar-refractivity contribution in [1.29, 1.82) is 0 Å². The second kappa shape index (κ2) is 8.10. The van der Waals surface area contributed by atoms with Crippen LogP contribution in [0.25, 0.3) is 0 Å².